The number of likely N-dealkylation sites (tertiary alicyclic amines) is 1. The van der Waals surface area contributed by atoms with Crippen LogP contribution in [0.3, 0.4) is 0 Å². The van der Waals surface area contributed by atoms with Crippen LogP contribution in [0.15, 0.2) is 42.5 Å². The molecule has 3 aromatic rings. The van der Waals surface area contributed by atoms with E-state index < -0.39 is 0 Å². The predicted octanol–water partition coefficient (Wildman–Crippen LogP) is 4.19. The minimum atomic E-state index is 0.00589. The number of nitrogens with zero attached hydrogens (tertiary/aromatic N) is 4. The summed E-state index contributed by atoms with van der Waals surface area (Å²) in [6.07, 6.45) is 1.92. The molecule has 2 aromatic heterocycles. The smallest absolute Gasteiger partial charge is 0.268 e. The summed E-state index contributed by atoms with van der Waals surface area (Å²) >= 11 is 1.17. The van der Waals surface area contributed by atoms with Crippen molar-refractivity contribution in [2.45, 2.75) is 32.7 Å². The highest BCUT2D eigenvalue weighted by molar-refractivity contribution is 7.07. The lowest BCUT2D eigenvalue weighted by molar-refractivity contribution is 0.0737. The van der Waals surface area contributed by atoms with Gasteiger partial charge in [-0.1, -0.05) is 34.8 Å². The summed E-state index contributed by atoms with van der Waals surface area (Å²) in [4.78, 5) is 20.3. The lowest BCUT2D eigenvalue weighted by Gasteiger charge is -2.24. The van der Waals surface area contributed by atoms with E-state index in [1.54, 1.807) is 0 Å². The van der Waals surface area contributed by atoms with Crippen LogP contribution in [-0.4, -0.2) is 31.9 Å². The number of hydrogen-bond donors (Lipinski definition) is 0. The van der Waals surface area contributed by atoms with Crippen LogP contribution < -0.4 is 0 Å². The zero-order valence-electron chi connectivity index (χ0n) is 14.8. The Labute approximate surface area is 156 Å². The second kappa shape index (κ2) is 6.96. The van der Waals surface area contributed by atoms with E-state index in [9.17, 15) is 4.79 Å². The average molecular weight is 364 g/mol. The van der Waals surface area contributed by atoms with Crippen molar-refractivity contribution < 1.29 is 4.79 Å². The number of hydrogen-bond acceptors (Lipinski definition) is 5. The monoisotopic (exact) mass is 364 g/mol. The summed E-state index contributed by atoms with van der Waals surface area (Å²) in [7, 11) is 0. The first-order valence-electron chi connectivity index (χ1n) is 8.77. The van der Waals surface area contributed by atoms with Gasteiger partial charge in [-0.2, -0.15) is 0 Å². The Bertz CT molecular complexity index is 938. The van der Waals surface area contributed by atoms with Crippen molar-refractivity contribution in [2.24, 2.45) is 0 Å². The van der Waals surface area contributed by atoms with E-state index in [4.69, 9.17) is 4.98 Å². The fourth-order valence-electron chi connectivity index (χ4n) is 3.54. The van der Waals surface area contributed by atoms with Gasteiger partial charge in [-0.25, -0.2) is 0 Å². The normalized spacial score (nSPS) is 16.8. The van der Waals surface area contributed by atoms with Gasteiger partial charge in [0.1, 0.15) is 4.88 Å². The van der Waals surface area contributed by atoms with Gasteiger partial charge < -0.3 is 4.90 Å². The molecule has 0 saturated carbocycles. The topological polar surface area (TPSA) is 59.0 Å². The summed E-state index contributed by atoms with van der Waals surface area (Å²) in [5, 5.41) is 3.98. The number of carbonyl (C=O) groups excluding carboxylic acids is 1. The van der Waals surface area contributed by atoms with E-state index in [1.807, 2.05) is 36.9 Å². The molecule has 26 heavy (non-hydrogen) atoms. The highest BCUT2D eigenvalue weighted by atomic mass is 32.1. The van der Waals surface area contributed by atoms with Crippen LogP contribution >= 0.6 is 11.5 Å². The van der Waals surface area contributed by atoms with Gasteiger partial charge in [-0.3, -0.25) is 9.78 Å². The highest BCUT2D eigenvalue weighted by Gasteiger charge is 2.33. The Morgan fingerprint density at radius 3 is 2.69 bits per heavy atom. The van der Waals surface area contributed by atoms with E-state index in [2.05, 4.69) is 33.9 Å². The third-order valence-electron chi connectivity index (χ3n) is 4.78. The van der Waals surface area contributed by atoms with E-state index >= 15 is 0 Å². The maximum absolute atomic E-state index is 13.0. The third kappa shape index (κ3) is 3.12. The molecule has 132 valence electrons. The molecule has 0 bridgehead atoms. The summed E-state index contributed by atoms with van der Waals surface area (Å²) in [6, 6.07) is 14.5. The minimum Gasteiger partial charge on any atom is -0.329 e. The molecule has 0 unspecified atom stereocenters. The predicted molar refractivity (Wildman–Crippen MR) is 102 cm³/mol. The molecule has 6 heteroatoms. The molecule has 1 fully saturated rings. The Hall–Kier alpha value is -2.60. The summed E-state index contributed by atoms with van der Waals surface area (Å²) in [6.45, 7) is 4.59. The molecule has 1 aliphatic heterocycles. The highest BCUT2D eigenvalue weighted by Crippen LogP contribution is 2.35. The lowest BCUT2D eigenvalue weighted by atomic mass is 10.0. The van der Waals surface area contributed by atoms with E-state index in [-0.39, 0.29) is 11.9 Å². The Morgan fingerprint density at radius 1 is 1.15 bits per heavy atom. The molecule has 4 rings (SSSR count). The molecule has 1 saturated heterocycles. The number of pyridine rings is 1. The number of benzene rings is 1. The van der Waals surface area contributed by atoms with Crippen molar-refractivity contribution >= 4 is 17.4 Å². The van der Waals surface area contributed by atoms with Gasteiger partial charge in [-0.05, 0) is 61.5 Å². The summed E-state index contributed by atoms with van der Waals surface area (Å²) in [5.74, 6) is 0.0181. The van der Waals surface area contributed by atoms with Crippen molar-refractivity contribution in [3.63, 3.8) is 0 Å². The van der Waals surface area contributed by atoms with Crippen LogP contribution in [-0.2, 0) is 0 Å². The molecule has 0 spiro atoms. The average Bonchev–Trinajstić information content (AvgIpc) is 3.30. The first kappa shape index (κ1) is 16.8. The van der Waals surface area contributed by atoms with Crippen molar-refractivity contribution in [1.29, 1.82) is 0 Å². The van der Waals surface area contributed by atoms with Crippen molar-refractivity contribution in [3.05, 3.63) is 64.4 Å². The fraction of sp³-hybridized carbons (Fsp3) is 0.300. The molecule has 1 aliphatic rings. The number of rotatable bonds is 3. The molecule has 3 heterocycles. The Morgan fingerprint density at radius 2 is 1.96 bits per heavy atom. The first-order chi connectivity index (χ1) is 12.6. The van der Waals surface area contributed by atoms with Crippen LogP contribution in [0, 0.1) is 13.8 Å². The summed E-state index contributed by atoms with van der Waals surface area (Å²) < 4.78 is 3.91. The van der Waals surface area contributed by atoms with Gasteiger partial charge in [0.25, 0.3) is 5.91 Å². The fourth-order valence-corrected chi connectivity index (χ4v) is 4.15. The molecular formula is C20H20N4OS. The van der Waals surface area contributed by atoms with Crippen LogP contribution in [0.5, 0.6) is 0 Å². The number of carbonyl (C=O) groups is 1. The van der Waals surface area contributed by atoms with Crippen molar-refractivity contribution in [3.8, 4) is 11.1 Å². The molecular weight excluding hydrogens is 344 g/mol. The van der Waals surface area contributed by atoms with Crippen LogP contribution in [0.2, 0.25) is 0 Å². The van der Waals surface area contributed by atoms with Crippen LogP contribution in [0.1, 0.15) is 45.6 Å². The molecule has 0 aliphatic carbocycles. The van der Waals surface area contributed by atoms with Gasteiger partial charge in [0.2, 0.25) is 0 Å². The maximum Gasteiger partial charge on any atom is 0.268 e. The SMILES string of the molecule is Cc1cc(-c2ccccc2)cc([C@@H]2CCCN2C(=O)c2snnc2C)n1. The second-order valence-electron chi connectivity index (χ2n) is 6.63. The zero-order chi connectivity index (χ0) is 18.1. The lowest BCUT2D eigenvalue weighted by Crippen LogP contribution is -2.31. The molecule has 5 nitrogen and oxygen atoms in total. The summed E-state index contributed by atoms with van der Waals surface area (Å²) in [5.41, 5.74) is 4.94. The molecule has 1 aromatic carbocycles. The molecule has 0 radical (unpaired) electrons. The van der Waals surface area contributed by atoms with E-state index in [0.717, 1.165) is 41.9 Å². The minimum absolute atomic E-state index is 0.00589. The maximum atomic E-state index is 13.0. The standard InChI is InChI=1S/C20H20N4OS/c1-13-11-16(15-7-4-3-5-8-15)12-17(21-13)18-9-6-10-24(18)20(25)19-14(2)22-23-26-19/h3-5,7-8,11-12,18H,6,9-10H2,1-2H3/t18-/m0/s1. The van der Waals surface area contributed by atoms with E-state index in [0.29, 0.717) is 10.6 Å². The Balaban J connectivity index is 1.69. The van der Waals surface area contributed by atoms with Gasteiger partial charge >= 0.3 is 0 Å². The van der Waals surface area contributed by atoms with Gasteiger partial charge in [0, 0.05) is 12.2 Å². The number of aromatic nitrogens is 3. The van der Waals surface area contributed by atoms with E-state index in [1.165, 1.54) is 11.5 Å². The molecule has 0 N–H and O–H groups in total. The first-order valence-corrected chi connectivity index (χ1v) is 9.55. The van der Waals surface area contributed by atoms with Crippen LogP contribution in [0.4, 0.5) is 0 Å². The quantitative estimate of drug-likeness (QED) is 0.699. The number of amides is 1. The molecule has 1 atom stereocenters. The largest absolute Gasteiger partial charge is 0.329 e. The van der Waals surface area contributed by atoms with Gasteiger partial charge in [0.15, 0.2) is 0 Å². The van der Waals surface area contributed by atoms with Crippen molar-refractivity contribution in [2.75, 3.05) is 6.54 Å². The molecule has 1 amide bonds. The number of aryl methyl sites for hydroxylation is 2. The Kier molecular flexibility index (Phi) is 4.51. The van der Waals surface area contributed by atoms with Gasteiger partial charge in [0.05, 0.1) is 17.4 Å². The van der Waals surface area contributed by atoms with Gasteiger partial charge in [-0.15, -0.1) is 5.10 Å². The zero-order valence-corrected chi connectivity index (χ0v) is 15.7. The third-order valence-corrected chi connectivity index (χ3v) is 5.60. The van der Waals surface area contributed by atoms with Crippen molar-refractivity contribution in [1.82, 2.24) is 19.5 Å². The van der Waals surface area contributed by atoms with Crippen LogP contribution in [0.25, 0.3) is 11.1 Å². The second-order valence-corrected chi connectivity index (χ2v) is 7.39.